The number of carbonyl (C=O) groups excluding carboxylic acids is 2. The van der Waals surface area contributed by atoms with Gasteiger partial charge >= 0.3 is 6.03 Å². The van der Waals surface area contributed by atoms with E-state index in [0.717, 1.165) is 35.6 Å². The Morgan fingerprint density at radius 1 is 0.963 bits per heavy atom. The van der Waals surface area contributed by atoms with E-state index in [9.17, 15) is 9.59 Å². The Bertz CT molecular complexity index is 873. The van der Waals surface area contributed by atoms with Gasteiger partial charge in [-0.3, -0.25) is 4.79 Å². The number of nitrogens with zero attached hydrogens (tertiary/aromatic N) is 2. The van der Waals surface area contributed by atoms with E-state index in [-0.39, 0.29) is 5.91 Å². The molecule has 1 heterocycles. The van der Waals surface area contributed by atoms with E-state index in [1.54, 1.807) is 0 Å². The van der Waals surface area contributed by atoms with Crippen LogP contribution in [-0.4, -0.2) is 28.7 Å². The van der Waals surface area contributed by atoms with Crippen LogP contribution < -0.4 is 10.1 Å². The van der Waals surface area contributed by atoms with Gasteiger partial charge in [0, 0.05) is 0 Å². The van der Waals surface area contributed by atoms with Crippen molar-refractivity contribution in [3.05, 3.63) is 60.2 Å². The number of nitrogens with one attached hydrogen (secondary N) is 1. The van der Waals surface area contributed by atoms with E-state index in [1.165, 1.54) is 6.21 Å². The van der Waals surface area contributed by atoms with Crippen molar-refractivity contribution in [3.63, 3.8) is 0 Å². The Labute approximate surface area is 157 Å². The summed E-state index contributed by atoms with van der Waals surface area (Å²) in [6.07, 6.45) is 5.87. The SMILES string of the molecule is O=C1NC2(CCCCC2)C(=O)N1N=Cc1cccc(Oc2ccccc2)c1. The molecule has 1 saturated heterocycles. The van der Waals surface area contributed by atoms with Gasteiger partial charge in [-0.2, -0.15) is 5.10 Å². The molecule has 0 unspecified atom stereocenters. The minimum atomic E-state index is -0.759. The minimum Gasteiger partial charge on any atom is -0.457 e. The van der Waals surface area contributed by atoms with E-state index in [1.807, 2.05) is 54.6 Å². The second-order valence-corrected chi connectivity index (χ2v) is 6.92. The summed E-state index contributed by atoms with van der Waals surface area (Å²) in [4.78, 5) is 25.0. The summed E-state index contributed by atoms with van der Waals surface area (Å²) in [5.41, 5.74) is -0.0149. The van der Waals surface area contributed by atoms with E-state index < -0.39 is 11.6 Å². The lowest BCUT2D eigenvalue weighted by Gasteiger charge is -2.29. The molecule has 2 aromatic carbocycles. The molecule has 1 aliphatic heterocycles. The largest absolute Gasteiger partial charge is 0.457 e. The molecule has 2 aliphatic rings. The number of hydrogen-bond acceptors (Lipinski definition) is 4. The molecule has 6 nitrogen and oxygen atoms in total. The fraction of sp³-hybridized carbons (Fsp3) is 0.286. The molecule has 6 heteroatoms. The molecule has 1 aliphatic carbocycles. The van der Waals surface area contributed by atoms with Crippen molar-refractivity contribution in [2.45, 2.75) is 37.6 Å². The zero-order valence-corrected chi connectivity index (χ0v) is 14.9. The van der Waals surface area contributed by atoms with Gasteiger partial charge in [0.05, 0.1) is 6.21 Å². The number of hydrazone groups is 1. The average Bonchev–Trinajstić information content (AvgIpc) is 2.91. The highest BCUT2D eigenvalue weighted by molar-refractivity contribution is 6.07. The summed E-state index contributed by atoms with van der Waals surface area (Å²) >= 11 is 0. The molecule has 0 bridgehead atoms. The van der Waals surface area contributed by atoms with Crippen LogP contribution in [0.1, 0.15) is 37.7 Å². The van der Waals surface area contributed by atoms with E-state index in [4.69, 9.17) is 4.74 Å². The smallest absolute Gasteiger partial charge is 0.346 e. The molecular formula is C21H21N3O3. The fourth-order valence-corrected chi connectivity index (χ4v) is 3.61. The van der Waals surface area contributed by atoms with Crippen molar-refractivity contribution in [1.29, 1.82) is 0 Å². The molecule has 2 fully saturated rings. The van der Waals surface area contributed by atoms with Crippen LogP contribution in [0.2, 0.25) is 0 Å². The molecule has 1 spiro atoms. The maximum atomic E-state index is 12.7. The van der Waals surface area contributed by atoms with Crippen molar-refractivity contribution >= 4 is 18.2 Å². The summed E-state index contributed by atoms with van der Waals surface area (Å²) < 4.78 is 5.80. The third kappa shape index (κ3) is 3.56. The Morgan fingerprint density at radius 2 is 1.70 bits per heavy atom. The van der Waals surface area contributed by atoms with E-state index >= 15 is 0 Å². The van der Waals surface area contributed by atoms with Crippen LogP contribution in [0.5, 0.6) is 11.5 Å². The average molecular weight is 363 g/mol. The maximum Gasteiger partial charge on any atom is 0.346 e. The summed E-state index contributed by atoms with van der Waals surface area (Å²) in [5, 5.41) is 7.95. The summed E-state index contributed by atoms with van der Waals surface area (Å²) in [7, 11) is 0. The Kier molecular flexibility index (Phi) is 4.62. The molecule has 1 N–H and O–H groups in total. The number of hydrogen-bond donors (Lipinski definition) is 1. The summed E-state index contributed by atoms with van der Waals surface area (Å²) in [6.45, 7) is 0. The van der Waals surface area contributed by atoms with Gasteiger partial charge in [-0.05, 0) is 42.7 Å². The number of benzene rings is 2. The third-order valence-corrected chi connectivity index (χ3v) is 5.01. The molecule has 27 heavy (non-hydrogen) atoms. The number of carbonyl (C=O) groups is 2. The van der Waals surface area contributed by atoms with Crippen LogP contribution in [0.25, 0.3) is 0 Å². The Balaban J connectivity index is 1.49. The molecule has 2 aromatic rings. The second kappa shape index (κ2) is 7.23. The minimum absolute atomic E-state index is 0.250. The first-order valence-corrected chi connectivity index (χ1v) is 9.20. The van der Waals surface area contributed by atoms with Crippen molar-refractivity contribution < 1.29 is 14.3 Å². The number of amides is 3. The molecule has 0 radical (unpaired) electrons. The van der Waals surface area contributed by atoms with Gasteiger partial charge in [0.1, 0.15) is 17.0 Å². The van der Waals surface area contributed by atoms with Gasteiger partial charge in [0.2, 0.25) is 0 Å². The lowest BCUT2D eigenvalue weighted by molar-refractivity contribution is -0.132. The highest BCUT2D eigenvalue weighted by Gasteiger charge is 2.51. The van der Waals surface area contributed by atoms with Gasteiger partial charge in [0.25, 0.3) is 5.91 Å². The second-order valence-electron chi connectivity index (χ2n) is 6.92. The standard InChI is InChI=1S/C21H21N3O3/c25-19-21(12-5-2-6-13-21)23-20(26)24(19)22-15-16-8-7-11-18(14-16)27-17-9-3-1-4-10-17/h1,3-4,7-11,14-15H,2,5-6,12-13H2,(H,23,26). The van der Waals surface area contributed by atoms with Crippen LogP contribution in [0, 0.1) is 0 Å². The molecule has 0 atom stereocenters. The van der Waals surface area contributed by atoms with E-state index in [0.29, 0.717) is 18.6 Å². The van der Waals surface area contributed by atoms with Crippen LogP contribution in [-0.2, 0) is 4.79 Å². The molecular weight excluding hydrogens is 342 g/mol. The highest BCUT2D eigenvalue weighted by atomic mass is 16.5. The van der Waals surface area contributed by atoms with Crippen molar-refractivity contribution in [2.75, 3.05) is 0 Å². The first kappa shape index (κ1) is 17.3. The topological polar surface area (TPSA) is 71.0 Å². The van der Waals surface area contributed by atoms with Crippen molar-refractivity contribution in [3.8, 4) is 11.5 Å². The molecule has 1 saturated carbocycles. The first-order chi connectivity index (χ1) is 13.2. The van der Waals surface area contributed by atoms with Crippen LogP contribution in [0.3, 0.4) is 0 Å². The monoisotopic (exact) mass is 363 g/mol. The van der Waals surface area contributed by atoms with Gasteiger partial charge in [-0.1, -0.05) is 49.6 Å². The number of ether oxygens (including phenoxy) is 1. The number of para-hydroxylation sites is 1. The quantitative estimate of drug-likeness (QED) is 0.657. The lowest BCUT2D eigenvalue weighted by atomic mass is 9.82. The van der Waals surface area contributed by atoms with Crippen LogP contribution >= 0.6 is 0 Å². The number of urea groups is 1. The summed E-state index contributed by atoms with van der Waals surface area (Å²) in [6, 6.07) is 16.4. The first-order valence-electron chi connectivity index (χ1n) is 9.20. The fourth-order valence-electron chi connectivity index (χ4n) is 3.61. The van der Waals surface area contributed by atoms with Crippen molar-refractivity contribution in [2.24, 2.45) is 5.10 Å². The molecule has 3 amide bonds. The highest BCUT2D eigenvalue weighted by Crippen LogP contribution is 2.33. The maximum absolute atomic E-state index is 12.7. The van der Waals surface area contributed by atoms with Crippen LogP contribution in [0.15, 0.2) is 59.7 Å². The van der Waals surface area contributed by atoms with Crippen LogP contribution in [0.4, 0.5) is 4.79 Å². The molecule has 0 aromatic heterocycles. The summed E-state index contributed by atoms with van der Waals surface area (Å²) in [5.74, 6) is 1.14. The van der Waals surface area contributed by atoms with Gasteiger partial charge in [-0.15, -0.1) is 5.01 Å². The molecule has 4 rings (SSSR count). The predicted molar refractivity (Wildman–Crippen MR) is 102 cm³/mol. The Hall–Kier alpha value is -3.15. The number of imide groups is 1. The number of rotatable bonds is 4. The van der Waals surface area contributed by atoms with E-state index in [2.05, 4.69) is 10.4 Å². The lowest BCUT2D eigenvalue weighted by Crippen LogP contribution is -2.48. The zero-order valence-electron chi connectivity index (χ0n) is 14.9. The Morgan fingerprint density at radius 3 is 2.48 bits per heavy atom. The van der Waals surface area contributed by atoms with Crippen molar-refractivity contribution in [1.82, 2.24) is 10.3 Å². The predicted octanol–water partition coefficient (Wildman–Crippen LogP) is 4.07. The van der Waals surface area contributed by atoms with Gasteiger partial charge in [-0.25, -0.2) is 4.79 Å². The van der Waals surface area contributed by atoms with Gasteiger partial charge < -0.3 is 10.1 Å². The third-order valence-electron chi connectivity index (χ3n) is 5.01. The zero-order chi connectivity index (χ0) is 18.7. The molecule has 138 valence electrons. The van der Waals surface area contributed by atoms with Gasteiger partial charge in [0.15, 0.2) is 0 Å². The normalized spacial score (nSPS) is 18.9.